The van der Waals surface area contributed by atoms with Crippen LogP contribution in [0.2, 0.25) is 0 Å². The highest BCUT2D eigenvalue weighted by atomic mass is 79.9. The Labute approximate surface area is 186 Å². The van der Waals surface area contributed by atoms with Gasteiger partial charge in [0.05, 0.1) is 0 Å². The Balaban J connectivity index is 2.03. The van der Waals surface area contributed by atoms with Crippen molar-refractivity contribution in [3.8, 4) is 0 Å². The number of nitrogens with one attached hydrogen (secondary N) is 1. The predicted molar refractivity (Wildman–Crippen MR) is 124 cm³/mol. The Hall–Kier alpha value is -1.79. The van der Waals surface area contributed by atoms with Gasteiger partial charge in [-0.3, -0.25) is 9.59 Å². The van der Waals surface area contributed by atoms with E-state index in [2.05, 4.69) is 52.4 Å². The third kappa shape index (κ3) is 7.86. The molecule has 2 aromatic carbocycles. The molecule has 0 aliphatic rings. The fraction of sp³-hybridized carbons (Fsp3) is 0.391. The van der Waals surface area contributed by atoms with Crippen molar-refractivity contribution in [1.82, 2.24) is 10.2 Å². The van der Waals surface area contributed by atoms with Crippen LogP contribution in [0.3, 0.4) is 0 Å². The number of amides is 2. The van der Waals surface area contributed by atoms with E-state index in [1.807, 2.05) is 31.2 Å². The van der Waals surface area contributed by atoms with E-state index in [0.29, 0.717) is 25.3 Å². The molecule has 0 aliphatic carbocycles. The van der Waals surface area contributed by atoms with Crippen molar-refractivity contribution >= 4 is 39.5 Å². The monoisotopic (exact) mass is 476 g/mol. The average Bonchev–Trinajstić information content (AvgIpc) is 2.72. The second-order valence-corrected chi connectivity index (χ2v) is 9.11. The third-order valence-corrected chi connectivity index (χ3v) is 6.13. The van der Waals surface area contributed by atoms with Gasteiger partial charge in [-0.2, -0.15) is 0 Å². The minimum Gasteiger partial charge on any atom is -0.354 e. The van der Waals surface area contributed by atoms with Gasteiger partial charge in [-0.1, -0.05) is 52.7 Å². The lowest BCUT2D eigenvalue weighted by atomic mass is 10.1. The summed E-state index contributed by atoms with van der Waals surface area (Å²) in [5, 5.41) is 2.90. The molecule has 0 spiro atoms. The minimum absolute atomic E-state index is 0.00770. The zero-order valence-electron chi connectivity index (χ0n) is 17.3. The van der Waals surface area contributed by atoms with Gasteiger partial charge in [-0.25, -0.2) is 0 Å². The molecule has 156 valence electrons. The van der Waals surface area contributed by atoms with Crippen LogP contribution in [0, 0.1) is 6.92 Å². The molecule has 0 aliphatic heterocycles. The number of rotatable bonds is 10. The number of hydrogen-bond acceptors (Lipinski definition) is 3. The zero-order chi connectivity index (χ0) is 21.2. The number of halogens is 1. The number of hydrogen-bond donors (Lipinski definition) is 1. The van der Waals surface area contributed by atoms with Gasteiger partial charge in [-0.15, -0.1) is 11.8 Å². The van der Waals surface area contributed by atoms with E-state index in [1.165, 1.54) is 5.56 Å². The molecule has 0 aromatic heterocycles. The molecule has 2 aromatic rings. The fourth-order valence-corrected chi connectivity index (χ4v) is 3.90. The molecule has 2 rings (SSSR count). The number of carbonyl (C=O) groups excluding carboxylic acids is 2. The highest BCUT2D eigenvalue weighted by Crippen LogP contribution is 2.21. The summed E-state index contributed by atoms with van der Waals surface area (Å²) in [7, 11) is 0. The molecule has 0 heterocycles. The summed E-state index contributed by atoms with van der Waals surface area (Å²) in [5.74, 6) is 0.567. The number of thioether (sulfide) groups is 1. The van der Waals surface area contributed by atoms with Crippen molar-refractivity contribution in [2.45, 2.75) is 51.1 Å². The summed E-state index contributed by atoms with van der Waals surface area (Å²) in [4.78, 5) is 28.3. The molecule has 0 bridgehead atoms. The number of nitrogens with zero attached hydrogens (tertiary/aromatic N) is 1. The van der Waals surface area contributed by atoms with Crippen LogP contribution in [0.15, 0.2) is 57.9 Å². The van der Waals surface area contributed by atoms with Gasteiger partial charge in [-0.05, 0) is 50.1 Å². The summed E-state index contributed by atoms with van der Waals surface area (Å²) >= 11 is 5.10. The smallest absolute Gasteiger partial charge is 0.242 e. The summed E-state index contributed by atoms with van der Waals surface area (Å²) in [6, 6.07) is 15.6. The topological polar surface area (TPSA) is 49.4 Å². The minimum atomic E-state index is -0.512. The van der Waals surface area contributed by atoms with Gasteiger partial charge in [0.15, 0.2) is 0 Å². The van der Waals surface area contributed by atoms with Crippen LogP contribution in [0.5, 0.6) is 0 Å². The van der Waals surface area contributed by atoms with E-state index >= 15 is 0 Å². The molecule has 4 nitrogen and oxygen atoms in total. The first-order valence-electron chi connectivity index (χ1n) is 9.91. The lowest BCUT2D eigenvalue weighted by molar-refractivity contribution is -0.140. The summed E-state index contributed by atoms with van der Waals surface area (Å²) in [6.45, 7) is 6.91. The van der Waals surface area contributed by atoms with E-state index in [9.17, 15) is 9.59 Å². The van der Waals surface area contributed by atoms with Crippen LogP contribution >= 0.6 is 27.7 Å². The standard InChI is InChI=1S/C23H29BrN2O2S/c1-4-14-25-23(28)18(3)26(16-19-7-9-20(24)10-8-19)22(27)13-15-29-21-11-5-17(2)6-12-21/h5-12,18H,4,13-16H2,1-3H3,(H,25,28). The van der Waals surface area contributed by atoms with Gasteiger partial charge >= 0.3 is 0 Å². The van der Waals surface area contributed by atoms with Gasteiger partial charge in [0.25, 0.3) is 0 Å². The van der Waals surface area contributed by atoms with Crippen molar-refractivity contribution in [3.05, 3.63) is 64.1 Å². The highest BCUT2D eigenvalue weighted by molar-refractivity contribution is 9.10. The van der Waals surface area contributed by atoms with E-state index < -0.39 is 6.04 Å². The first kappa shape index (κ1) is 23.5. The average molecular weight is 477 g/mol. The first-order valence-corrected chi connectivity index (χ1v) is 11.7. The van der Waals surface area contributed by atoms with Crippen LogP contribution in [-0.2, 0) is 16.1 Å². The van der Waals surface area contributed by atoms with Gasteiger partial charge < -0.3 is 10.2 Å². The molecule has 1 unspecified atom stereocenters. The molecule has 0 radical (unpaired) electrons. The summed E-state index contributed by atoms with van der Waals surface area (Å²) < 4.78 is 0.988. The van der Waals surface area contributed by atoms with E-state index in [0.717, 1.165) is 21.4 Å². The van der Waals surface area contributed by atoms with Crippen LogP contribution in [-0.4, -0.2) is 35.1 Å². The molecule has 0 fully saturated rings. The fourth-order valence-electron chi connectivity index (χ4n) is 2.80. The molecular weight excluding hydrogens is 448 g/mol. The number of benzene rings is 2. The largest absolute Gasteiger partial charge is 0.354 e. The number of aryl methyl sites for hydroxylation is 1. The Bertz CT molecular complexity index is 794. The summed E-state index contributed by atoms with van der Waals surface area (Å²) in [5.41, 5.74) is 2.22. The third-order valence-electron chi connectivity index (χ3n) is 4.59. The molecule has 2 amide bonds. The Kier molecular flexibility index (Phi) is 9.74. The Morgan fingerprint density at radius 2 is 1.76 bits per heavy atom. The predicted octanol–water partition coefficient (Wildman–Crippen LogP) is 5.18. The first-order chi connectivity index (χ1) is 13.9. The molecule has 6 heteroatoms. The van der Waals surface area contributed by atoms with Crippen molar-refractivity contribution in [3.63, 3.8) is 0 Å². The van der Waals surface area contributed by atoms with Gasteiger partial charge in [0, 0.05) is 34.6 Å². The Morgan fingerprint density at radius 1 is 1.10 bits per heavy atom. The van der Waals surface area contributed by atoms with E-state index in [1.54, 1.807) is 23.6 Å². The van der Waals surface area contributed by atoms with Crippen molar-refractivity contribution in [2.75, 3.05) is 12.3 Å². The molecular formula is C23H29BrN2O2S. The molecule has 0 saturated heterocycles. The molecule has 0 saturated carbocycles. The van der Waals surface area contributed by atoms with Crippen LogP contribution in [0.4, 0.5) is 0 Å². The maximum absolute atomic E-state index is 13.0. The van der Waals surface area contributed by atoms with Crippen molar-refractivity contribution in [2.24, 2.45) is 0 Å². The quantitative estimate of drug-likeness (QED) is 0.480. The van der Waals surface area contributed by atoms with Crippen molar-refractivity contribution in [1.29, 1.82) is 0 Å². The molecule has 1 N–H and O–H groups in total. The maximum Gasteiger partial charge on any atom is 0.242 e. The SMILES string of the molecule is CCCNC(=O)C(C)N(Cc1ccc(Br)cc1)C(=O)CCSc1ccc(C)cc1. The molecule has 1 atom stereocenters. The van der Waals surface area contributed by atoms with Crippen molar-refractivity contribution < 1.29 is 9.59 Å². The lowest BCUT2D eigenvalue weighted by Crippen LogP contribution is -2.47. The highest BCUT2D eigenvalue weighted by Gasteiger charge is 2.25. The second-order valence-electron chi connectivity index (χ2n) is 7.03. The number of carbonyl (C=O) groups is 2. The van der Waals surface area contributed by atoms with Gasteiger partial charge in [0.2, 0.25) is 11.8 Å². The van der Waals surface area contributed by atoms with Crippen LogP contribution < -0.4 is 5.32 Å². The van der Waals surface area contributed by atoms with Crippen LogP contribution in [0.25, 0.3) is 0 Å². The van der Waals surface area contributed by atoms with E-state index in [-0.39, 0.29) is 11.8 Å². The normalized spacial score (nSPS) is 11.7. The van der Waals surface area contributed by atoms with E-state index in [4.69, 9.17) is 0 Å². The maximum atomic E-state index is 13.0. The lowest BCUT2D eigenvalue weighted by Gasteiger charge is -2.29. The van der Waals surface area contributed by atoms with Crippen LogP contribution in [0.1, 0.15) is 37.8 Å². The zero-order valence-corrected chi connectivity index (χ0v) is 19.7. The molecule has 29 heavy (non-hydrogen) atoms. The second kappa shape index (κ2) is 12.0. The van der Waals surface area contributed by atoms with Gasteiger partial charge in [0.1, 0.15) is 6.04 Å². The summed E-state index contributed by atoms with van der Waals surface area (Å²) in [6.07, 6.45) is 1.26. The Morgan fingerprint density at radius 3 is 2.38 bits per heavy atom.